The van der Waals surface area contributed by atoms with Gasteiger partial charge in [-0.3, -0.25) is 0 Å². The number of hydrogen-bond acceptors (Lipinski definition) is 3. The van der Waals surface area contributed by atoms with Gasteiger partial charge in [0.05, 0.1) is 0 Å². The molecule has 100 valence electrons. The van der Waals surface area contributed by atoms with Crippen molar-refractivity contribution in [1.82, 2.24) is 0 Å². The number of fused-ring (bicyclic) bond motifs is 1. The summed E-state index contributed by atoms with van der Waals surface area (Å²) in [4.78, 5) is 10.6. The quantitative estimate of drug-likeness (QED) is 0.653. The van der Waals surface area contributed by atoms with Gasteiger partial charge in [-0.05, 0) is 37.5 Å². The van der Waals surface area contributed by atoms with E-state index >= 15 is 0 Å². The number of carboxylic acid groups (broad SMARTS) is 1. The van der Waals surface area contributed by atoms with Crippen molar-refractivity contribution < 1.29 is 19.4 Å². The second-order valence-corrected chi connectivity index (χ2v) is 4.31. The van der Waals surface area contributed by atoms with Gasteiger partial charge < -0.3 is 14.6 Å². The fourth-order valence-electron chi connectivity index (χ4n) is 1.73. The minimum atomic E-state index is -0.888. The standard InChI is InChI=1S/C15H16O4/c1-11(15(16)17)5-3-2-4-6-12-7-8-13-14(9-12)19-10-18-13/h2-3,5,7-9H,4,6,10H2,1H3,(H,16,17). The van der Waals surface area contributed by atoms with E-state index in [4.69, 9.17) is 14.6 Å². The molecule has 0 saturated heterocycles. The normalized spacial score (nSPS) is 14.1. The van der Waals surface area contributed by atoms with Crippen LogP contribution in [0.15, 0.2) is 42.0 Å². The molecule has 0 unspecified atom stereocenters. The van der Waals surface area contributed by atoms with Gasteiger partial charge in [-0.1, -0.05) is 24.3 Å². The molecule has 0 radical (unpaired) electrons. The highest BCUT2D eigenvalue weighted by Crippen LogP contribution is 2.32. The molecule has 0 atom stereocenters. The lowest BCUT2D eigenvalue weighted by Gasteiger charge is -2.00. The largest absolute Gasteiger partial charge is 0.478 e. The van der Waals surface area contributed by atoms with E-state index in [-0.39, 0.29) is 6.79 Å². The molecule has 1 aromatic carbocycles. The van der Waals surface area contributed by atoms with Crippen LogP contribution in [0.2, 0.25) is 0 Å². The van der Waals surface area contributed by atoms with Crippen LogP contribution < -0.4 is 9.47 Å². The third-order valence-electron chi connectivity index (χ3n) is 2.86. The van der Waals surface area contributed by atoms with Crippen LogP contribution >= 0.6 is 0 Å². The predicted molar refractivity (Wildman–Crippen MR) is 71.4 cm³/mol. The number of rotatable bonds is 5. The van der Waals surface area contributed by atoms with Crippen LogP contribution in [0.4, 0.5) is 0 Å². The number of carboxylic acids is 1. The van der Waals surface area contributed by atoms with E-state index in [1.807, 2.05) is 24.3 Å². The van der Waals surface area contributed by atoms with Gasteiger partial charge in [0, 0.05) is 5.57 Å². The summed E-state index contributed by atoms with van der Waals surface area (Å²) in [5, 5.41) is 8.68. The lowest BCUT2D eigenvalue weighted by Crippen LogP contribution is -1.94. The Balaban J connectivity index is 1.85. The van der Waals surface area contributed by atoms with Crippen molar-refractivity contribution in [3.05, 3.63) is 47.6 Å². The van der Waals surface area contributed by atoms with Gasteiger partial charge in [0.2, 0.25) is 6.79 Å². The maximum Gasteiger partial charge on any atom is 0.331 e. The molecule has 1 aromatic rings. The number of hydrogen-bond donors (Lipinski definition) is 1. The van der Waals surface area contributed by atoms with Crippen LogP contribution in [-0.4, -0.2) is 17.9 Å². The summed E-state index contributed by atoms with van der Waals surface area (Å²) in [5.74, 6) is 0.697. The number of allylic oxidation sites excluding steroid dienone is 3. The van der Waals surface area contributed by atoms with E-state index in [1.165, 1.54) is 5.56 Å². The minimum Gasteiger partial charge on any atom is -0.478 e. The van der Waals surface area contributed by atoms with Gasteiger partial charge in [0.25, 0.3) is 0 Å². The zero-order valence-corrected chi connectivity index (χ0v) is 10.8. The fraction of sp³-hybridized carbons (Fsp3) is 0.267. The Hall–Kier alpha value is -2.23. The maximum absolute atomic E-state index is 10.6. The van der Waals surface area contributed by atoms with Crippen LogP contribution in [-0.2, 0) is 11.2 Å². The lowest BCUT2D eigenvalue weighted by atomic mass is 10.1. The molecule has 4 nitrogen and oxygen atoms in total. The second kappa shape index (κ2) is 6.09. The van der Waals surface area contributed by atoms with E-state index < -0.39 is 5.97 Å². The Morgan fingerprint density at radius 1 is 1.37 bits per heavy atom. The Kier molecular flexibility index (Phi) is 4.23. The monoisotopic (exact) mass is 260 g/mol. The van der Waals surface area contributed by atoms with Gasteiger partial charge in [0.1, 0.15) is 0 Å². The number of aliphatic carboxylic acids is 1. The van der Waals surface area contributed by atoms with Crippen molar-refractivity contribution in [1.29, 1.82) is 0 Å². The predicted octanol–water partition coefficient (Wildman–Crippen LogP) is 2.94. The zero-order valence-electron chi connectivity index (χ0n) is 10.8. The van der Waals surface area contributed by atoms with Crippen LogP contribution in [0, 0.1) is 0 Å². The first-order chi connectivity index (χ1) is 9.16. The van der Waals surface area contributed by atoms with E-state index in [0.717, 1.165) is 24.3 Å². The lowest BCUT2D eigenvalue weighted by molar-refractivity contribution is -0.132. The molecule has 1 heterocycles. The van der Waals surface area contributed by atoms with Crippen LogP contribution in [0.25, 0.3) is 0 Å². The molecular formula is C15H16O4. The number of aryl methyl sites for hydroxylation is 1. The Morgan fingerprint density at radius 2 is 2.16 bits per heavy atom. The Morgan fingerprint density at radius 3 is 2.95 bits per heavy atom. The van der Waals surface area contributed by atoms with Crippen molar-refractivity contribution in [2.45, 2.75) is 19.8 Å². The third kappa shape index (κ3) is 3.61. The van der Waals surface area contributed by atoms with Crippen LogP contribution in [0.1, 0.15) is 18.9 Å². The number of benzene rings is 1. The van der Waals surface area contributed by atoms with Gasteiger partial charge in [0.15, 0.2) is 11.5 Å². The first-order valence-electron chi connectivity index (χ1n) is 6.12. The molecule has 2 rings (SSSR count). The molecule has 0 bridgehead atoms. The first kappa shape index (κ1) is 13.2. The summed E-state index contributed by atoms with van der Waals surface area (Å²) in [5.41, 5.74) is 1.51. The highest BCUT2D eigenvalue weighted by Gasteiger charge is 2.12. The topological polar surface area (TPSA) is 55.8 Å². The molecule has 0 aromatic heterocycles. The van der Waals surface area contributed by atoms with E-state index in [2.05, 4.69) is 0 Å². The molecule has 4 heteroatoms. The SMILES string of the molecule is CC(=CC=CCCc1ccc2c(c1)OCO2)C(=O)O. The zero-order chi connectivity index (χ0) is 13.7. The smallest absolute Gasteiger partial charge is 0.331 e. The molecule has 0 saturated carbocycles. The van der Waals surface area contributed by atoms with Crippen LogP contribution in [0.5, 0.6) is 11.5 Å². The van der Waals surface area contributed by atoms with Crippen molar-refractivity contribution in [2.75, 3.05) is 6.79 Å². The molecular weight excluding hydrogens is 244 g/mol. The first-order valence-corrected chi connectivity index (χ1v) is 6.12. The van der Waals surface area contributed by atoms with Crippen molar-refractivity contribution >= 4 is 5.97 Å². The minimum absolute atomic E-state index is 0.290. The van der Waals surface area contributed by atoms with Crippen LogP contribution in [0.3, 0.4) is 0 Å². The van der Waals surface area contributed by atoms with E-state index in [1.54, 1.807) is 19.1 Å². The van der Waals surface area contributed by atoms with Crippen molar-refractivity contribution in [3.8, 4) is 11.5 Å². The molecule has 1 aliphatic rings. The summed E-state index contributed by atoms with van der Waals surface area (Å²) >= 11 is 0. The Bertz CT molecular complexity index is 529. The Labute approximate surface area is 112 Å². The highest BCUT2D eigenvalue weighted by molar-refractivity contribution is 5.86. The van der Waals surface area contributed by atoms with Crippen molar-refractivity contribution in [3.63, 3.8) is 0 Å². The molecule has 0 amide bonds. The van der Waals surface area contributed by atoms with Gasteiger partial charge in [-0.25, -0.2) is 4.79 Å². The molecule has 0 fully saturated rings. The fourth-order valence-corrected chi connectivity index (χ4v) is 1.73. The number of carbonyl (C=O) groups is 1. The molecule has 0 spiro atoms. The average molecular weight is 260 g/mol. The molecule has 0 aliphatic carbocycles. The summed E-state index contributed by atoms with van der Waals surface area (Å²) in [6.07, 6.45) is 7.06. The summed E-state index contributed by atoms with van der Waals surface area (Å²) in [6, 6.07) is 5.91. The molecule has 1 aliphatic heterocycles. The van der Waals surface area contributed by atoms with Gasteiger partial charge >= 0.3 is 5.97 Å². The van der Waals surface area contributed by atoms with E-state index in [0.29, 0.717) is 5.57 Å². The number of ether oxygens (including phenoxy) is 2. The van der Waals surface area contributed by atoms with Crippen molar-refractivity contribution in [2.24, 2.45) is 0 Å². The summed E-state index contributed by atoms with van der Waals surface area (Å²) < 4.78 is 10.6. The second-order valence-electron chi connectivity index (χ2n) is 4.31. The third-order valence-corrected chi connectivity index (χ3v) is 2.86. The summed E-state index contributed by atoms with van der Waals surface area (Å²) in [7, 11) is 0. The molecule has 1 N–H and O–H groups in total. The maximum atomic E-state index is 10.6. The van der Waals surface area contributed by atoms with Gasteiger partial charge in [-0.15, -0.1) is 0 Å². The van der Waals surface area contributed by atoms with E-state index in [9.17, 15) is 4.79 Å². The molecule has 19 heavy (non-hydrogen) atoms. The summed E-state index contributed by atoms with van der Waals surface area (Å²) in [6.45, 7) is 1.86. The average Bonchev–Trinajstić information content (AvgIpc) is 2.85. The van der Waals surface area contributed by atoms with Gasteiger partial charge in [-0.2, -0.15) is 0 Å². The highest BCUT2D eigenvalue weighted by atomic mass is 16.7.